The summed E-state index contributed by atoms with van der Waals surface area (Å²) in [6, 6.07) is 0. The van der Waals surface area contributed by atoms with Crippen molar-refractivity contribution in [2.24, 2.45) is 10.7 Å². The number of hydrogen-bond donors (Lipinski definition) is 1. The van der Waals surface area contributed by atoms with Gasteiger partial charge in [0.2, 0.25) is 0 Å². The van der Waals surface area contributed by atoms with E-state index >= 15 is 0 Å². The molecule has 0 saturated heterocycles. The summed E-state index contributed by atoms with van der Waals surface area (Å²) in [5, 5.41) is 0. The van der Waals surface area contributed by atoms with E-state index in [1.807, 2.05) is 6.92 Å². The van der Waals surface area contributed by atoms with Crippen LogP contribution in [0.4, 0.5) is 0 Å². The summed E-state index contributed by atoms with van der Waals surface area (Å²) in [4.78, 5) is 3.97. The molecule has 0 saturated carbocycles. The van der Waals surface area contributed by atoms with Crippen molar-refractivity contribution in [1.82, 2.24) is 0 Å². The first kappa shape index (κ1) is 7.21. The summed E-state index contributed by atoms with van der Waals surface area (Å²) in [6.07, 6.45) is 4.02. The number of nitrogens with zero attached hydrogens (tertiary/aromatic N) is 1. The maximum absolute atomic E-state index is 5.04. The van der Waals surface area contributed by atoms with E-state index in [0.29, 0.717) is 0 Å². The molecule has 0 radical (unpaired) electrons. The molecular formula is C6H12N2. The zero-order chi connectivity index (χ0) is 6.41. The molecule has 2 heteroatoms. The molecule has 0 aromatic rings. The predicted octanol–water partition coefficient (Wildman–Crippen LogP) is 1.29. The SMILES string of the molecule is CCC(C)=N/C=C\N. The molecule has 0 aliphatic rings. The molecule has 0 unspecified atom stereocenters. The molecule has 2 N–H and O–H groups in total. The summed E-state index contributed by atoms with van der Waals surface area (Å²) in [5.74, 6) is 0. The van der Waals surface area contributed by atoms with Gasteiger partial charge in [-0.1, -0.05) is 6.92 Å². The smallest absolute Gasteiger partial charge is 0.0421 e. The molecule has 0 bridgehead atoms. The van der Waals surface area contributed by atoms with Crippen molar-refractivity contribution in [3.05, 3.63) is 12.4 Å². The van der Waals surface area contributed by atoms with E-state index < -0.39 is 0 Å². The van der Waals surface area contributed by atoms with Crippen LogP contribution in [0.2, 0.25) is 0 Å². The highest BCUT2D eigenvalue weighted by Gasteiger charge is 1.77. The Morgan fingerprint density at radius 3 is 2.75 bits per heavy atom. The second-order valence-corrected chi connectivity index (χ2v) is 1.56. The molecule has 0 aliphatic heterocycles. The Kier molecular flexibility index (Phi) is 3.94. The molecule has 46 valence electrons. The van der Waals surface area contributed by atoms with E-state index in [9.17, 15) is 0 Å². The van der Waals surface area contributed by atoms with Gasteiger partial charge in [0.05, 0.1) is 0 Å². The van der Waals surface area contributed by atoms with Crippen molar-refractivity contribution < 1.29 is 0 Å². The van der Waals surface area contributed by atoms with Crippen LogP contribution in [0.3, 0.4) is 0 Å². The molecule has 0 fully saturated rings. The maximum atomic E-state index is 5.04. The van der Waals surface area contributed by atoms with Gasteiger partial charge in [0.1, 0.15) is 0 Å². The molecule has 0 aliphatic carbocycles. The third kappa shape index (κ3) is 3.40. The number of nitrogens with two attached hydrogens (primary N) is 1. The quantitative estimate of drug-likeness (QED) is 0.537. The van der Waals surface area contributed by atoms with Gasteiger partial charge in [-0.05, 0) is 13.3 Å². The van der Waals surface area contributed by atoms with Gasteiger partial charge in [-0.25, -0.2) is 0 Å². The second-order valence-electron chi connectivity index (χ2n) is 1.56. The minimum atomic E-state index is 0.990. The molecule has 0 amide bonds. The lowest BCUT2D eigenvalue weighted by atomic mass is 10.3. The van der Waals surface area contributed by atoms with Gasteiger partial charge in [0, 0.05) is 18.1 Å². The first-order valence-corrected chi connectivity index (χ1v) is 2.71. The van der Waals surface area contributed by atoms with Gasteiger partial charge in [-0.2, -0.15) is 0 Å². The Bertz CT molecular complexity index is 103. The average Bonchev–Trinajstić information content (AvgIpc) is 1.83. The minimum Gasteiger partial charge on any atom is -0.403 e. The fourth-order valence-corrected chi connectivity index (χ4v) is 0.262. The zero-order valence-electron chi connectivity index (χ0n) is 5.39. The van der Waals surface area contributed by atoms with Gasteiger partial charge in [0.25, 0.3) is 0 Å². The topological polar surface area (TPSA) is 38.4 Å². The largest absolute Gasteiger partial charge is 0.403 e. The highest BCUT2D eigenvalue weighted by atomic mass is 14.7. The third-order valence-electron chi connectivity index (χ3n) is 0.893. The van der Waals surface area contributed by atoms with Gasteiger partial charge < -0.3 is 5.73 Å². The minimum absolute atomic E-state index is 0.990. The molecular weight excluding hydrogens is 100 g/mol. The summed E-state index contributed by atoms with van der Waals surface area (Å²) in [7, 11) is 0. The van der Waals surface area contributed by atoms with Crippen molar-refractivity contribution >= 4 is 5.71 Å². The molecule has 0 aromatic carbocycles. The Hall–Kier alpha value is -0.790. The van der Waals surface area contributed by atoms with E-state index in [-0.39, 0.29) is 0 Å². The normalized spacial score (nSPS) is 13.0. The Balaban J connectivity index is 3.57. The molecule has 0 rings (SSSR count). The van der Waals surface area contributed by atoms with Crippen LogP contribution in [0.25, 0.3) is 0 Å². The lowest BCUT2D eigenvalue weighted by Gasteiger charge is -1.86. The van der Waals surface area contributed by atoms with Crippen LogP contribution in [0.1, 0.15) is 20.3 Å². The third-order valence-corrected chi connectivity index (χ3v) is 0.893. The molecule has 2 nitrogen and oxygen atoms in total. The van der Waals surface area contributed by atoms with Crippen LogP contribution in [0.5, 0.6) is 0 Å². The van der Waals surface area contributed by atoms with Gasteiger partial charge >= 0.3 is 0 Å². The van der Waals surface area contributed by atoms with Crippen LogP contribution < -0.4 is 5.73 Å². The maximum Gasteiger partial charge on any atom is 0.0421 e. The van der Waals surface area contributed by atoms with E-state index in [1.165, 1.54) is 6.20 Å². The molecule has 8 heavy (non-hydrogen) atoms. The van der Waals surface area contributed by atoms with Crippen molar-refractivity contribution in [3.8, 4) is 0 Å². The lowest BCUT2D eigenvalue weighted by Crippen LogP contribution is -1.84. The van der Waals surface area contributed by atoms with Crippen LogP contribution in [-0.2, 0) is 0 Å². The summed E-state index contributed by atoms with van der Waals surface area (Å²) in [6.45, 7) is 4.03. The number of aliphatic imine (C=N–C) groups is 1. The van der Waals surface area contributed by atoms with Gasteiger partial charge in [-0.3, -0.25) is 4.99 Å². The first-order valence-electron chi connectivity index (χ1n) is 2.71. The van der Waals surface area contributed by atoms with E-state index in [1.54, 1.807) is 6.20 Å². The van der Waals surface area contributed by atoms with Crippen molar-refractivity contribution in [2.75, 3.05) is 0 Å². The Labute approximate surface area is 50.1 Å². The Morgan fingerprint density at radius 2 is 2.38 bits per heavy atom. The van der Waals surface area contributed by atoms with Gasteiger partial charge in [0.15, 0.2) is 0 Å². The molecule has 0 spiro atoms. The lowest BCUT2D eigenvalue weighted by molar-refractivity contribution is 1.25. The molecule has 0 heterocycles. The summed E-state index contributed by atoms with van der Waals surface area (Å²) in [5.41, 5.74) is 6.15. The van der Waals surface area contributed by atoms with E-state index in [0.717, 1.165) is 12.1 Å². The van der Waals surface area contributed by atoms with E-state index in [4.69, 9.17) is 5.73 Å². The zero-order valence-corrected chi connectivity index (χ0v) is 5.39. The number of hydrogen-bond acceptors (Lipinski definition) is 2. The van der Waals surface area contributed by atoms with Crippen LogP contribution >= 0.6 is 0 Å². The fourth-order valence-electron chi connectivity index (χ4n) is 0.262. The fraction of sp³-hybridized carbons (Fsp3) is 0.500. The van der Waals surface area contributed by atoms with Crippen LogP contribution in [0.15, 0.2) is 17.4 Å². The molecule has 0 aromatic heterocycles. The van der Waals surface area contributed by atoms with E-state index in [2.05, 4.69) is 11.9 Å². The van der Waals surface area contributed by atoms with Crippen molar-refractivity contribution in [1.29, 1.82) is 0 Å². The summed E-state index contributed by atoms with van der Waals surface area (Å²) < 4.78 is 0. The van der Waals surface area contributed by atoms with Gasteiger partial charge in [-0.15, -0.1) is 0 Å². The number of rotatable bonds is 2. The predicted molar refractivity (Wildman–Crippen MR) is 36.7 cm³/mol. The summed E-state index contributed by atoms with van der Waals surface area (Å²) >= 11 is 0. The van der Waals surface area contributed by atoms with Crippen LogP contribution in [-0.4, -0.2) is 5.71 Å². The van der Waals surface area contributed by atoms with Crippen molar-refractivity contribution in [2.45, 2.75) is 20.3 Å². The Morgan fingerprint density at radius 1 is 1.75 bits per heavy atom. The standard InChI is InChI=1S/C6H12N2/c1-3-6(2)8-5-4-7/h4-5H,3,7H2,1-2H3/b5-4-,8-6?. The second kappa shape index (κ2) is 4.37. The monoisotopic (exact) mass is 112 g/mol. The highest BCUT2D eigenvalue weighted by Crippen LogP contribution is 1.83. The first-order chi connectivity index (χ1) is 3.81. The van der Waals surface area contributed by atoms with Crippen molar-refractivity contribution in [3.63, 3.8) is 0 Å². The van der Waals surface area contributed by atoms with Crippen LogP contribution in [0, 0.1) is 0 Å². The highest BCUT2D eigenvalue weighted by molar-refractivity contribution is 5.82. The average molecular weight is 112 g/mol. The molecule has 0 atom stereocenters.